The van der Waals surface area contributed by atoms with Crippen molar-refractivity contribution in [3.63, 3.8) is 0 Å². The van der Waals surface area contributed by atoms with Gasteiger partial charge in [-0.2, -0.15) is 5.10 Å². The maximum Gasteiger partial charge on any atom is 0.119 e. The SMILES string of the molecule is Nc1ccc(OCCn2ncc3ccccc32)cc1. The molecule has 0 aliphatic heterocycles. The van der Waals surface area contributed by atoms with Gasteiger partial charge in [-0.15, -0.1) is 0 Å². The second-order valence-corrected chi connectivity index (χ2v) is 4.34. The summed E-state index contributed by atoms with van der Waals surface area (Å²) in [6, 6.07) is 15.6. The van der Waals surface area contributed by atoms with Gasteiger partial charge in [-0.25, -0.2) is 0 Å². The molecule has 2 N–H and O–H groups in total. The van der Waals surface area contributed by atoms with Crippen molar-refractivity contribution in [3.8, 4) is 5.75 Å². The molecule has 1 heterocycles. The second kappa shape index (κ2) is 5.02. The smallest absolute Gasteiger partial charge is 0.119 e. The molecule has 0 fully saturated rings. The third-order valence-corrected chi connectivity index (χ3v) is 3.00. The van der Waals surface area contributed by atoms with Crippen LogP contribution < -0.4 is 10.5 Å². The van der Waals surface area contributed by atoms with Crippen LogP contribution in [0.5, 0.6) is 5.75 Å². The molecular weight excluding hydrogens is 238 g/mol. The first kappa shape index (κ1) is 11.6. The number of hydrogen-bond donors (Lipinski definition) is 1. The number of hydrogen-bond acceptors (Lipinski definition) is 3. The highest BCUT2D eigenvalue weighted by Crippen LogP contribution is 2.14. The summed E-state index contributed by atoms with van der Waals surface area (Å²) in [5.74, 6) is 0.825. The predicted octanol–water partition coefficient (Wildman–Crippen LogP) is 2.70. The zero-order valence-corrected chi connectivity index (χ0v) is 10.5. The molecule has 2 aromatic carbocycles. The number of ether oxygens (including phenoxy) is 1. The molecule has 0 atom stereocenters. The van der Waals surface area contributed by atoms with E-state index >= 15 is 0 Å². The summed E-state index contributed by atoms with van der Waals surface area (Å²) < 4.78 is 7.62. The molecule has 4 heteroatoms. The van der Waals surface area contributed by atoms with Crippen molar-refractivity contribution in [3.05, 3.63) is 54.7 Å². The minimum atomic E-state index is 0.579. The highest BCUT2D eigenvalue weighted by molar-refractivity contribution is 5.78. The van der Waals surface area contributed by atoms with Crippen molar-refractivity contribution < 1.29 is 4.74 Å². The number of nitrogen functional groups attached to an aromatic ring is 1. The molecule has 0 unspecified atom stereocenters. The van der Waals surface area contributed by atoms with Crippen LogP contribution in [-0.2, 0) is 6.54 Å². The fourth-order valence-corrected chi connectivity index (χ4v) is 2.02. The van der Waals surface area contributed by atoms with E-state index in [4.69, 9.17) is 10.5 Å². The van der Waals surface area contributed by atoms with E-state index < -0.39 is 0 Å². The highest BCUT2D eigenvalue weighted by Gasteiger charge is 2.01. The zero-order chi connectivity index (χ0) is 13.1. The van der Waals surface area contributed by atoms with E-state index in [-0.39, 0.29) is 0 Å². The van der Waals surface area contributed by atoms with Gasteiger partial charge in [0.05, 0.1) is 18.3 Å². The number of fused-ring (bicyclic) bond motifs is 1. The molecule has 96 valence electrons. The fourth-order valence-electron chi connectivity index (χ4n) is 2.02. The summed E-state index contributed by atoms with van der Waals surface area (Å²) in [5, 5.41) is 5.51. The van der Waals surface area contributed by atoms with E-state index in [2.05, 4.69) is 17.2 Å². The third-order valence-electron chi connectivity index (χ3n) is 3.00. The van der Waals surface area contributed by atoms with Crippen LogP contribution in [0.2, 0.25) is 0 Å². The Hall–Kier alpha value is -2.49. The van der Waals surface area contributed by atoms with Gasteiger partial charge in [-0.3, -0.25) is 4.68 Å². The van der Waals surface area contributed by atoms with Gasteiger partial charge in [0.25, 0.3) is 0 Å². The maximum atomic E-state index is 5.67. The first-order valence-corrected chi connectivity index (χ1v) is 6.22. The van der Waals surface area contributed by atoms with Gasteiger partial charge in [0.1, 0.15) is 12.4 Å². The summed E-state index contributed by atoms with van der Waals surface area (Å²) in [5.41, 5.74) is 7.49. The average Bonchev–Trinajstić information content (AvgIpc) is 2.85. The summed E-state index contributed by atoms with van der Waals surface area (Å²) in [6.07, 6.45) is 1.87. The van der Waals surface area contributed by atoms with E-state index in [1.807, 2.05) is 47.3 Å². The van der Waals surface area contributed by atoms with Gasteiger partial charge >= 0.3 is 0 Å². The fraction of sp³-hybridized carbons (Fsp3) is 0.133. The average molecular weight is 253 g/mol. The molecule has 0 amide bonds. The van der Waals surface area contributed by atoms with Gasteiger partial charge in [0.15, 0.2) is 0 Å². The van der Waals surface area contributed by atoms with Crippen LogP contribution in [0.25, 0.3) is 10.9 Å². The van der Waals surface area contributed by atoms with Gasteiger partial charge in [-0.05, 0) is 30.3 Å². The number of nitrogens with two attached hydrogens (primary N) is 1. The molecule has 0 spiro atoms. The molecule has 0 saturated carbocycles. The molecule has 0 aliphatic rings. The molecule has 1 aromatic heterocycles. The molecular formula is C15H15N3O. The summed E-state index contributed by atoms with van der Waals surface area (Å²) in [4.78, 5) is 0. The van der Waals surface area contributed by atoms with Crippen molar-refractivity contribution in [1.29, 1.82) is 0 Å². The van der Waals surface area contributed by atoms with Gasteiger partial charge < -0.3 is 10.5 Å². The lowest BCUT2D eigenvalue weighted by molar-refractivity contribution is 0.294. The molecule has 0 radical (unpaired) electrons. The normalized spacial score (nSPS) is 10.7. The largest absolute Gasteiger partial charge is 0.492 e. The summed E-state index contributed by atoms with van der Waals surface area (Å²) in [6.45, 7) is 1.30. The minimum Gasteiger partial charge on any atom is -0.492 e. The number of para-hydroxylation sites is 1. The lowest BCUT2D eigenvalue weighted by Crippen LogP contribution is -2.09. The zero-order valence-electron chi connectivity index (χ0n) is 10.5. The Morgan fingerprint density at radius 2 is 1.84 bits per heavy atom. The Morgan fingerprint density at radius 3 is 2.68 bits per heavy atom. The van der Waals surface area contributed by atoms with E-state index in [1.54, 1.807) is 0 Å². The highest BCUT2D eigenvalue weighted by atomic mass is 16.5. The minimum absolute atomic E-state index is 0.579. The van der Waals surface area contributed by atoms with Crippen LogP contribution in [0.3, 0.4) is 0 Å². The molecule has 3 aromatic rings. The predicted molar refractivity (Wildman–Crippen MR) is 76.1 cm³/mol. The Morgan fingerprint density at radius 1 is 1.05 bits per heavy atom. The molecule has 0 aliphatic carbocycles. The van der Waals surface area contributed by atoms with Crippen LogP contribution in [0.15, 0.2) is 54.7 Å². The number of aromatic nitrogens is 2. The number of rotatable bonds is 4. The number of nitrogens with zero attached hydrogens (tertiary/aromatic N) is 2. The second-order valence-electron chi connectivity index (χ2n) is 4.34. The first-order chi connectivity index (χ1) is 9.33. The Balaban J connectivity index is 1.65. The Kier molecular flexibility index (Phi) is 3.06. The van der Waals surface area contributed by atoms with Crippen LogP contribution >= 0.6 is 0 Å². The summed E-state index contributed by atoms with van der Waals surface area (Å²) in [7, 11) is 0. The van der Waals surface area contributed by atoms with E-state index in [0.29, 0.717) is 6.61 Å². The van der Waals surface area contributed by atoms with Crippen molar-refractivity contribution in [1.82, 2.24) is 9.78 Å². The topological polar surface area (TPSA) is 53.1 Å². The van der Waals surface area contributed by atoms with Crippen LogP contribution in [0.4, 0.5) is 5.69 Å². The quantitative estimate of drug-likeness (QED) is 0.727. The van der Waals surface area contributed by atoms with E-state index in [9.17, 15) is 0 Å². The molecule has 3 rings (SSSR count). The number of anilines is 1. The van der Waals surface area contributed by atoms with Crippen molar-refractivity contribution in [2.45, 2.75) is 6.54 Å². The Bertz CT molecular complexity index is 673. The van der Waals surface area contributed by atoms with Gasteiger partial charge in [0.2, 0.25) is 0 Å². The molecule has 19 heavy (non-hydrogen) atoms. The van der Waals surface area contributed by atoms with Gasteiger partial charge in [0, 0.05) is 11.1 Å². The monoisotopic (exact) mass is 253 g/mol. The lowest BCUT2D eigenvalue weighted by Gasteiger charge is -2.07. The van der Waals surface area contributed by atoms with Crippen molar-refractivity contribution >= 4 is 16.6 Å². The van der Waals surface area contributed by atoms with E-state index in [0.717, 1.165) is 28.9 Å². The van der Waals surface area contributed by atoms with Crippen molar-refractivity contribution in [2.75, 3.05) is 12.3 Å². The van der Waals surface area contributed by atoms with Crippen molar-refractivity contribution in [2.24, 2.45) is 0 Å². The molecule has 4 nitrogen and oxygen atoms in total. The lowest BCUT2D eigenvalue weighted by atomic mass is 10.3. The number of benzene rings is 2. The Labute approximate surface area is 111 Å². The standard InChI is InChI=1S/C15H15N3O/c16-13-5-7-14(8-6-13)19-10-9-18-15-4-2-1-3-12(15)11-17-18/h1-8,11H,9-10,16H2. The molecule has 0 saturated heterocycles. The van der Waals surface area contributed by atoms with E-state index in [1.165, 1.54) is 0 Å². The summed E-state index contributed by atoms with van der Waals surface area (Å²) >= 11 is 0. The van der Waals surface area contributed by atoms with Crippen LogP contribution in [0, 0.1) is 0 Å². The maximum absolute atomic E-state index is 5.67. The first-order valence-electron chi connectivity index (χ1n) is 6.22. The molecule has 0 bridgehead atoms. The van der Waals surface area contributed by atoms with Gasteiger partial charge in [-0.1, -0.05) is 18.2 Å². The third kappa shape index (κ3) is 2.52. The van der Waals surface area contributed by atoms with Crippen LogP contribution in [0.1, 0.15) is 0 Å². The van der Waals surface area contributed by atoms with Crippen LogP contribution in [-0.4, -0.2) is 16.4 Å².